The van der Waals surface area contributed by atoms with E-state index in [-0.39, 0.29) is 0 Å². The number of nitrogens with zero attached hydrogens (tertiary/aromatic N) is 2. The molecule has 0 radical (unpaired) electrons. The van der Waals surface area contributed by atoms with Gasteiger partial charge in [0.05, 0.1) is 0 Å². The summed E-state index contributed by atoms with van der Waals surface area (Å²) in [5, 5.41) is 3.30. The second-order valence-corrected chi connectivity index (χ2v) is 3.94. The number of nitrogens with one attached hydrogen (secondary N) is 1. The zero-order valence-corrected chi connectivity index (χ0v) is 9.78. The lowest BCUT2D eigenvalue weighted by molar-refractivity contribution is 1.04. The molecule has 1 aromatic heterocycles. The molecule has 0 spiro atoms. The van der Waals surface area contributed by atoms with Crippen molar-refractivity contribution in [1.29, 1.82) is 0 Å². The normalized spacial score (nSPS) is 10.2. The predicted molar refractivity (Wildman–Crippen MR) is 66.0 cm³/mol. The van der Waals surface area contributed by atoms with E-state index in [2.05, 4.69) is 34.3 Å². The maximum Gasteiger partial charge on any atom is 0.136 e. The number of benzene rings is 1. The summed E-state index contributed by atoms with van der Waals surface area (Å²) in [6.45, 7) is 5.96. The van der Waals surface area contributed by atoms with E-state index in [0.717, 1.165) is 22.9 Å². The van der Waals surface area contributed by atoms with Crippen LogP contribution in [0.15, 0.2) is 30.5 Å². The van der Waals surface area contributed by atoms with Crippen LogP contribution in [-0.2, 0) is 0 Å². The second kappa shape index (κ2) is 4.31. The first-order valence-corrected chi connectivity index (χ1v) is 5.29. The summed E-state index contributed by atoms with van der Waals surface area (Å²) in [7, 11) is 0. The summed E-state index contributed by atoms with van der Waals surface area (Å²) >= 11 is 0. The first kappa shape index (κ1) is 10.6. The maximum absolute atomic E-state index is 4.38. The van der Waals surface area contributed by atoms with Crippen LogP contribution in [0, 0.1) is 20.8 Å². The third-order valence-electron chi connectivity index (χ3n) is 2.37. The van der Waals surface area contributed by atoms with Crippen molar-refractivity contribution in [2.45, 2.75) is 20.8 Å². The Morgan fingerprint density at radius 1 is 1.12 bits per heavy atom. The SMILES string of the molecule is Cc1cccc(Nc2nc(C)ncc2C)c1. The largest absolute Gasteiger partial charge is 0.340 e. The topological polar surface area (TPSA) is 37.8 Å². The number of hydrogen-bond acceptors (Lipinski definition) is 3. The van der Waals surface area contributed by atoms with Crippen molar-refractivity contribution < 1.29 is 0 Å². The number of aryl methyl sites for hydroxylation is 3. The minimum atomic E-state index is 0.778. The molecule has 3 heteroatoms. The zero-order valence-electron chi connectivity index (χ0n) is 9.78. The van der Waals surface area contributed by atoms with E-state index < -0.39 is 0 Å². The maximum atomic E-state index is 4.38. The molecule has 1 aromatic carbocycles. The minimum Gasteiger partial charge on any atom is -0.340 e. The monoisotopic (exact) mass is 213 g/mol. The summed E-state index contributed by atoms with van der Waals surface area (Å²) in [5.41, 5.74) is 3.33. The minimum absolute atomic E-state index is 0.778. The highest BCUT2D eigenvalue weighted by atomic mass is 15.0. The zero-order chi connectivity index (χ0) is 11.5. The van der Waals surface area contributed by atoms with Gasteiger partial charge in [0.25, 0.3) is 0 Å². The Bertz CT molecular complexity index is 506. The van der Waals surface area contributed by atoms with Crippen LogP contribution < -0.4 is 5.32 Å². The molecule has 0 fully saturated rings. The van der Waals surface area contributed by atoms with E-state index in [1.807, 2.05) is 32.2 Å². The summed E-state index contributed by atoms with van der Waals surface area (Å²) in [5.74, 6) is 1.65. The second-order valence-electron chi connectivity index (χ2n) is 3.94. The van der Waals surface area contributed by atoms with Gasteiger partial charge in [0.1, 0.15) is 11.6 Å². The third kappa shape index (κ3) is 2.37. The van der Waals surface area contributed by atoms with Gasteiger partial charge < -0.3 is 5.32 Å². The summed E-state index contributed by atoms with van der Waals surface area (Å²) in [4.78, 5) is 8.52. The van der Waals surface area contributed by atoms with E-state index in [9.17, 15) is 0 Å². The van der Waals surface area contributed by atoms with Gasteiger partial charge in [-0.2, -0.15) is 0 Å². The molecule has 0 aliphatic rings. The molecule has 0 aliphatic carbocycles. The highest BCUT2D eigenvalue weighted by Crippen LogP contribution is 2.18. The van der Waals surface area contributed by atoms with Crippen molar-refractivity contribution in [1.82, 2.24) is 9.97 Å². The molecule has 2 aromatic rings. The quantitative estimate of drug-likeness (QED) is 0.832. The number of hydrogen-bond donors (Lipinski definition) is 1. The van der Waals surface area contributed by atoms with E-state index >= 15 is 0 Å². The molecule has 3 nitrogen and oxygen atoms in total. The molecule has 82 valence electrons. The van der Waals surface area contributed by atoms with Crippen LogP contribution in [-0.4, -0.2) is 9.97 Å². The van der Waals surface area contributed by atoms with Crippen LogP contribution >= 0.6 is 0 Å². The van der Waals surface area contributed by atoms with Crippen molar-refractivity contribution >= 4 is 11.5 Å². The fourth-order valence-electron chi connectivity index (χ4n) is 1.52. The van der Waals surface area contributed by atoms with Gasteiger partial charge in [-0.15, -0.1) is 0 Å². The van der Waals surface area contributed by atoms with Crippen LogP contribution in [0.4, 0.5) is 11.5 Å². The summed E-state index contributed by atoms with van der Waals surface area (Å²) < 4.78 is 0. The lowest BCUT2D eigenvalue weighted by Gasteiger charge is -2.09. The van der Waals surface area contributed by atoms with Gasteiger partial charge in [-0.05, 0) is 38.5 Å². The fraction of sp³-hybridized carbons (Fsp3) is 0.231. The third-order valence-corrected chi connectivity index (χ3v) is 2.37. The Balaban J connectivity index is 2.30. The van der Waals surface area contributed by atoms with Crippen LogP contribution in [0.3, 0.4) is 0 Å². The first-order chi connectivity index (χ1) is 7.65. The molecule has 16 heavy (non-hydrogen) atoms. The molecular weight excluding hydrogens is 198 g/mol. The predicted octanol–water partition coefficient (Wildman–Crippen LogP) is 3.15. The van der Waals surface area contributed by atoms with Gasteiger partial charge in [-0.25, -0.2) is 9.97 Å². The highest BCUT2D eigenvalue weighted by molar-refractivity contribution is 5.59. The first-order valence-electron chi connectivity index (χ1n) is 5.29. The summed E-state index contributed by atoms with van der Waals surface area (Å²) in [6.07, 6.45) is 1.83. The molecule has 0 atom stereocenters. The van der Waals surface area contributed by atoms with Gasteiger partial charge in [-0.1, -0.05) is 12.1 Å². The molecule has 0 unspecified atom stereocenters. The highest BCUT2D eigenvalue weighted by Gasteiger charge is 2.01. The molecule has 0 saturated heterocycles. The number of anilines is 2. The molecule has 0 bridgehead atoms. The van der Waals surface area contributed by atoms with Crippen molar-refractivity contribution in [2.24, 2.45) is 0 Å². The Hall–Kier alpha value is -1.90. The lowest BCUT2D eigenvalue weighted by Crippen LogP contribution is -1.99. The van der Waals surface area contributed by atoms with Crippen LogP contribution in [0.2, 0.25) is 0 Å². The summed E-state index contributed by atoms with van der Waals surface area (Å²) in [6, 6.07) is 8.23. The Morgan fingerprint density at radius 3 is 2.69 bits per heavy atom. The Morgan fingerprint density at radius 2 is 1.94 bits per heavy atom. The van der Waals surface area contributed by atoms with E-state index in [0.29, 0.717) is 0 Å². The Kier molecular flexibility index (Phi) is 2.86. The molecule has 0 amide bonds. The van der Waals surface area contributed by atoms with Crippen molar-refractivity contribution in [2.75, 3.05) is 5.32 Å². The standard InChI is InChI=1S/C13H15N3/c1-9-5-4-6-12(7-9)16-13-10(2)8-14-11(3)15-13/h4-8H,1-3H3,(H,14,15,16). The van der Waals surface area contributed by atoms with E-state index in [1.54, 1.807) is 0 Å². The Labute approximate surface area is 95.6 Å². The average molecular weight is 213 g/mol. The van der Waals surface area contributed by atoms with Crippen LogP contribution in [0.5, 0.6) is 0 Å². The van der Waals surface area contributed by atoms with E-state index in [1.165, 1.54) is 5.56 Å². The van der Waals surface area contributed by atoms with Gasteiger partial charge in [0.15, 0.2) is 0 Å². The van der Waals surface area contributed by atoms with Gasteiger partial charge in [-0.3, -0.25) is 0 Å². The number of rotatable bonds is 2. The van der Waals surface area contributed by atoms with Crippen molar-refractivity contribution in [3.8, 4) is 0 Å². The van der Waals surface area contributed by atoms with Crippen LogP contribution in [0.1, 0.15) is 17.0 Å². The van der Waals surface area contributed by atoms with Gasteiger partial charge in [0, 0.05) is 17.4 Å². The number of aromatic nitrogens is 2. The van der Waals surface area contributed by atoms with Crippen molar-refractivity contribution in [3.05, 3.63) is 47.4 Å². The molecule has 0 aliphatic heterocycles. The van der Waals surface area contributed by atoms with Gasteiger partial charge >= 0.3 is 0 Å². The molecule has 1 heterocycles. The molecule has 1 N–H and O–H groups in total. The molecule has 0 saturated carbocycles. The van der Waals surface area contributed by atoms with Gasteiger partial charge in [0.2, 0.25) is 0 Å². The fourth-order valence-corrected chi connectivity index (χ4v) is 1.52. The van der Waals surface area contributed by atoms with Crippen molar-refractivity contribution in [3.63, 3.8) is 0 Å². The average Bonchev–Trinajstić information content (AvgIpc) is 2.24. The lowest BCUT2D eigenvalue weighted by atomic mass is 10.2. The molecule has 2 rings (SSSR count). The van der Waals surface area contributed by atoms with E-state index in [4.69, 9.17) is 0 Å². The molecular formula is C13H15N3. The van der Waals surface area contributed by atoms with Crippen LogP contribution in [0.25, 0.3) is 0 Å². The smallest absolute Gasteiger partial charge is 0.136 e.